The number of hydrogen-bond acceptors (Lipinski definition) is 5. The van der Waals surface area contributed by atoms with Crippen molar-refractivity contribution in [1.82, 2.24) is 20.0 Å². The second-order valence-electron chi connectivity index (χ2n) is 7.96. The minimum atomic E-state index is 0.0203. The van der Waals surface area contributed by atoms with Gasteiger partial charge in [-0.1, -0.05) is 12.1 Å². The number of amides is 1. The summed E-state index contributed by atoms with van der Waals surface area (Å²) in [7, 11) is 6.92. The predicted molar refractivity (Wildman–Crippen MR) is 120 cm³/mol. The predicted octanol–water partition coefficient (Wildman–Crippen LogP) is 1.27. The number of nitrogens with one attached hydrogen (secondary N) is 1. The molecule has 1 heterocycles. The fourth-order valence-electron chi connectivity index (χ4n) is 3.64. The molecule has 2 unspecified atom stereocenters. The second kappa shape index (κ2) is 11.8. The number of ether oxygens (including phenoxy) is 2. The van der Waals surface area contributed by atoms with E-state index in [-0.39, 0.29) is 12.5 Å². The number of piperazine rings is 1. The zero-order valence-electron chi connectivity index (χ0n) is 19.2. The van der Waals surface area contributed by atoms with E-state index in [0.29, 0.717) is 18.6 Å². The number of carbonyl (C=O) groups is 1. The first kappa shape index (κ1) is 24.0. The highest BCUT2D eigenvalue weighted by atomic mass is 16.5. The molecule has 8 nitrogen and oxygen atoms in total. The van der Waals surface area contributed by atoms with E-state index in [1.807, 2.05) is 24.3 Å². The minimum absolute atomic E-state index is 0.0203. The van der Waals surface area contributed by atoms with Crippen LogP contribution in [0.3, 0.4) is 0 Å². The Hall–Kier alpha value is -2.32. The van der Waals surface area contributed by atoms with E-state index in [1.54, 1.807) is 33.2 Å². The van der Waals surface area contributed by atoms with Gasteiger partial charge in [-0.25, -0.2) is 4.99 Å². The van der Waals surface area contributed by atoms with E-state index in [0.717, 1.165) is 43.5 Å². The standard InChI is InChI=1S/C22H37N5O3/c1-17-15-26(16-18(2)27(17)11-12-29-5)22(24-14-21(28)25(3)4)23-13-19-7-9-20(30-6)10-8-19/h7-10,17-18H,11-16H2,1-6H3,(H,23,24). The first-order chi connectivity index (χ1) is 14.3. The highest BCUT2D eigenvalue weighted by molar-refractivity contribution is 5.86. The van der Waals surface area contributed by atoms with E-state index in [4.69, 9.17) is 14.5 Å². The minimum Gasteiger partial charge on any atom is -0.497 e. The number of hydrogen-bond donors (Lipinski definition) is 1. The van der Waals surface area contributed by atoms with Gasteiger partial charge in [-0.2, -0.15) is 0 Å². The van der Waals surface area contributed by atoms with Crippen LogP contribution in [0, 0.1) is 0 Å². The molecule has 2 rings (SSSR count). The van der Waals surface area contributed by atoms with Gasteiger partial charge in [0, 0.05) is 52.9 Å². The molecular weight excluding hydrogens is 382 g/mol. The number of aliphatic imine (C=N–C) groups is 1. The van der Waals surface area contributed by atoms with E-state index in [2.05, 4.69) is 29.0 Å². The molecule has 0 bridgehead atoms. The first-order valence-corrected chi connectivity index (χ1v) is 10.5. The molecular formula is C22H37N5O3. The summed E-state index contributed by atoms with van der Waals surface area (Å²) in [4.78, 5) is 23.3. The molecule has 168 valence electrons. The monoisotopic (exact) mass is 419 g/mol. The third-order valence-corrected chi connectivity index (χ3v) is 5.42. The van der Waals surface area contributed by atoms with Crippen LogP contribution in [0.15, 0.2) is 29.3 Å². The number of guanidine groups is 1. The number of carbonyl (C=O) groups excluding carboxylic acids is 1. The maximum absolute atomic E-state index is 12.1. The lowest BCUT2D eigenvalue weighted by molar-refractivity contribution is -0.127. The van der Waals surface area contributed by atoms with Crippen LogP contribution in [0.1, 0.15) is 19.4 Å². The van der Waals surface area contributed by atoms with Gasteiger partial charge >= 0.3 is 0 Å². The summed E-state index contributed by atoms with van der Waals surface area (Å²) < 4.78 is 10.5. The number of rotatable bonds is 8. The molecule has 1 aromatic rings. The molecule has 0 radical (unpaired) electrons. The summed E-state index contributed by atoms with van der Waals surface area (Å²) in [6, 6.07) is 8.62. The van der Waals surface area contributed by atoms with Crippen LogP contribution in [0.4, 0.5) is 0 Å². The van der Waals surface area contributed by atoms with E-state index >= 15 is 0 Å². The molecule has 0 spiro atoms. The Balaban J connectivity index is 2.12. The topological polar surface area (TPSA) is 69.6 Å². The van der Waals surface area contributed by atoms with Crippen LogP contribution in [0.5, 0.6) is 5.75 Å². The Kier molecular flexibility index (Phi) is 9.39. The summed E-state index contributed by atoms with van der Waals surface area (Å²) >= 11 is 0. The molecule has 2 atom stereocenters. The van der Waals surface area contributed by atoms with Crippen LogP contribution in [0.25, 0.3) is 0 Å². The first-order valence-electron chi connectivity index (χ1n) is 10.5. The molecule has 1 N–H and O–H groups in total. The van der Waals surface area contributed by atoms with Crippen molar-refractivity contribution in [3.05, 3.63) is 29.8 Å². The Morgan fingerprint density at radius 3 is 2.33 bits per heavy atom. The van der Waals surface area contributed by atoms with Gasteiger partial charge in [0.2, 0.25) is 5.91 Å². The molecule has 8 heteroatoms. The molecule has 1 aliphatic heterocycles. The van der Waals surface area contributed by atoms with Crippen LogP contribution in [-0.2, 0) is 16.1 Å². The fraction of sp³-hybridized carbons (Fsp3) is 0.636. The number of methoxy groups -OCH3 is 2. The highest BCUT2D eigenvalue weighted by Crippen LogP contribution is 2.16. The van der Waals surface area contributed by atoms with E-state index in [9.17, 15) is 4.79 Å². The molecule has 1 aliphatic rings. The van der Waals surface area contributed by atoms with Crippen molar-refractivity contribution in [1.29, 1.82) is 0 Å². The van der Waals surface area contributed by atoms with Crippen molar-refractivity contribution in [2.45, 2.75) is 32.5 Å². The molecule has 1 fully saturated rings. The third kappa shape index (κ3) is 6.88. The summed E-state index contributed by atoms with van der Waals surface area (Å²) in [5, 5.41) is 3.28. The van der Waals surface area contributed by atoms with Crippen LogP contribution >= 0.6 is 0 Å². The molecule has 1 saturated heterocycles. The zero-order valence-corrected chi connectivity index (χ0v) is 19.2. The van der Waals surface area contributed by atoms with Crippen molar-refractivity contribution < 1.29 is 14.3 Å². The zero-order chi connectivity index (χ0) is 22.1. The largest absolute Gasteiger partial charge is 0.497 e. The van der Waals surface area contributed by atoms with Gasteiger partial charge in [-0.3, -0.25) is 9.69 Å². The lowest BCUT2D eigenvalue weighted by Gasteiger charge is -2.45. The van der Waals surface area contributed by atoms with Crippen molar-refractivity contribution in [3.63, 3.8) is 0 Å². The van der Waals surface area contributed by atoms with Crippen LogP contribution in [-0.4, -0.2) is 99.8 Å². The lowest BCUT2D eigenvalue weighted by atomic mass is 10.1. The molecule has 0 aliphatic carbocycles. The molecule has 30 heavy (non-hydrogen) atoms. The van der Waals surface area contributed by atoms with E-state index in [1.165, 1.54) is 0 Å². The van der Waals surface area contributed by atoms with Crippen LogP contribution in [0.2, 0.25) is 0 Å². The summed E-state index contributed by atoms with van der Waals surface area (Å²) in [5.41, 5.74) is 1.09. The number of benzene rings is 1. The van der Waals surface area contributed by atoms with Gasteiger partial charge in [0.1, 0.15) is 5.75 Å². The van der Waals surface area contributed by atoms with Gasteiger partial charge in [0.15, 0.2) is 5.96 Å². The van der Waals surface area contributed by atoms with Gasteiger partial charge in [-0.05, 0) is 31.5 Å². The molecule has 1 aromatic carbocycles. The number of nitrogens with zero attached hydrogens (tertiary/aromatic N) is 4. The Bertz CT molecular complexity index is 681. The fourth-order valence-corrected chi connectivity index (χ4v) is 3.64. The summed E-state index contributed by atoms with van der Waals surface area (Å²) in [5.74, 6) is 1.62. The van der Waals surface area contributed by atoms with Crippen molar-refractivity contribution >= 4 is 11.9 Å². The molecule has 0 aromatic heterocycles. The average Bonchev–Trinajstić information content (AvgIpc) is 2.73. The third-order valence-electron chi connectivity index (χ3n) is 5.42. The van der Waals surface area contributed by atoms with Gasteiger partial charge in [0.05, 0.1) is 26.8 Å². The maximum Gasteiger partial charge on any atom is 0.241 e. The van der Waals surface area contributed by atoms with Gasteiger partial charge in [0.25, 0.3) is 0 Å². The van der Waals surface area contributed by atoms with Crippen molar-refractivity contribution in [3.8, 4) is 5.75 Å². The average molecular weight is 420 g/mol. The smallest absolute Gasteiger partial charge is 0.241 e. The number of likely N-dealkylation sites (N-methyl/N-ethyl adjacent to an activating group) is 1. The van der Waals surface area contributed by atoms with Crippen LogP contribution < -0.4 is 10.1 Å². The van der Waals surface area contributed by atoms with Crippen molar-refractivity contribution in [2.24, 2.45) is 4.99 Å². The summed E-state index contributed by atoms with van der Waals surface area (Å²) in [6.07, 6.45) is 0. The SMILES string of the molecule is COCCN1C(C)CN(C(=NCc2ccc(OC)cc2)NCC(=O)N(C)C)CC1C. The molecule has 1 amide bonds. The second-order valence-corrected chi connectivity index (χ2v) is 7.96. The van der Waals surface area contributed by atoms with Crippen molar-refractivity contribution in [2.75, 3.05) is 61.1 Å². The van der Waals surface area contributed by atoms with Gasteiger partial charge in [-0.15, -0.1) is 0 Å². The van der Waals surface area contributed by atoms with Gasteiger partial charge < -0.3 is 24.6 Å². The maximum atomic E-state index is 12.1. The Morgan fingerprint density at radius 1 is 1.17 bits per heavy atom. The van der Waals surface area contributed by atoms with E-state index < -0.39 is 0 Å². The lowest BCUT2D eigenvalue weighted by Crippen LogP contribution is -2.61. The highest BCUT2D eigenvalue weighted by Gasteiger charge is 2.30. The molecule has 0 saturated carbocycles. The summed E-state index contributed by atoms with van der Waals surface area (Å²) in [6.45, 7) is 8.54. The quantitative estimate of drug-likeness (QED) is 0.506. The Morgan fingerprint density at radius 2 is 1.80 bits per heavy atom. The normalized spacial score (nSPS) is 20.2. The Labute approximate surface area is 180 Å².